The molecule has 0 N–H and O–H groups in total. The summed E-state index contributed by atoms with van der Waals surface area (Å²) in [5.74, 6) is 0.508. The molecule has 0 aliphatic heterocycles. The molecule has 0 saturated carbocycles. The number of Topliss-reactive ketones (excluding diaryl/α,β-unsaturated/α-hetero) is 1. The number of aryl methyl sites for hydroxylation is 2. The van der Waals surface area contributed by atoms with Crippen LogP contribution in [0.1, 0.15) is 33.5 Å². The van der Waals surface area contributed by atoms with E-state index in [9.17, 15) is 9.59 Å². The SMILES string of the molecule is Cc1cc(OCC(=O)c2ccc(Br)cc2)c2c3c(c(=O)oc2c1)CCC3. The number of fused-ring (bicyclic) bond motifs is 3. The number of ether oxygens (including phenoxy) is 1. The van der Waals surface area contributed by atoms with E-state index >= 15 is 0 Å². The molecule has 132 valence electrons. The number of halogens is 1. The first-order valence-corrected chi connectivity index (χ1v) is 9.33. The lowest BCUT2D eigenvalue weighted by molar-refractivity contribution is 0.0922. The van der Waals surface area contributed by atoms with Gasteiger partial charge in [-0.3, -0.25) is 4.79 Å². The minimum atomic E-state index is -0.257. The molecule has 2 aromatic carbocycles. The maximum Gasteiger partial charge on any atom is 0.339 e. The van der Waals surface area contributed by atoms with E-state index in [-0.39, 0.29) is 18.0 Å². The van der Waals surface area contributed by atoms with E-state index in [0.29, 0.717) is 16.9 Å². The number of carbonyl (C=O) groups excluding carboxylic acids is 1. The molecule has 3 aromatic rings. The van der Waals surface area contributed by atoms with Gasteiger partial charge in [0.1, 0.15) is 11.3 Å². The average Bonchev–Trinajstić information content (AvgIpc) is 3.10. The monoisotopic (exact) mass is 412 g/mol. The fourth-order valence-corrected chi connectivity index (χ4v) is 3.75. The minimum Gasteiger partial charge on any atom is -0.485 e. The van der Waals surface area contributed by atoms with E-state index in [1.807, 2.05) is 31.2 Å². The Morgan fingerprint density at radius 3 is 2.65 bits per heavy atom. The number of rotatable bonds is 4. The number of carbonyl (C=O) groups is 1. The Bertz CT molecular complexity index is 1060. The highest BCUT2D eigenvalue weighted by atomic mass is 79.9. The van der Waals surface area contributed by atoms with E-state index in [1.54, 1.807) is 12.1 Å². The largest absolute Gasteiger partial charge is 0.485 e. The number of benzene rings is 2. The van der Waals surface area contributed by atoms with Crippen molar-refractivity contribution in [3.05, 3.63) is 73.5 Å². The van der Waals surface area contributed by atoms with Gasteiger partial charge in [0.2, 0.25) is 0 Å². The molecule has 0 radical (unpaired) electrons. The molecular formula is C21H17BrO4. The molecule has 26 heavy (non-hydrogen) atoms. The van der Waals surface area contributed by atoms with Gasteiger partial charge in [0, 0.05) is 15.6 Å². The molecule has 4 nitrogen and oxygen atoms in total. The standard InChI is InChI=1S/C21H17BrO4/c1-12-9-18(25-11-17(23)13-5-7-14(22)8-6-13)20-15-3-2-4-16(15)21(24)26-19(20)10-12/h5-10H,2-4,11H2,1H3. The summed E-state index contributed by atoms with van der Waals surface area (Å²) in [4.78, 5) is 24.6. The van der Waals surface area contributed by atoms with E-state index in [4.69, 9.17) is 9.15 Å². The Kier molecular flexibility index (Phi) is 4.41. The summed E-state index contributed by atoms with van der Waals surface area (Å²) in [6.07, 6.45) is 2.50. The van der Waals surface area contributed by atoms with Gasteiger partial charge >= 0.3 is 5.63 Å². The quantitative estimate of drug-likeness (QED) is 0.463. The predicted octanol–water partition coefficient (Wildman–Crippen LogP) is 4.61. The van der Waals surface area contributed by atoms with Crippen LogP contribution in [0.5, 0.6) is 5.75 Å². The number of ketones is 1. The van der Waals surface area contributed by atoms with Crippen molar-refractivity contribution in [2.24, 2.45) is 0 Å². The Balaban J connectivity index is 1.70. The topological polar surface area (TPSA) is 56.5 Å². The molecule has 0 amide bonds. The summed E-state index contributed by atoms with van der Waals surface area (Å²) in [6.45, 7) is 1.85. The highest BCUT2D eigenvalue weighted by Gasteiger charge is 2.22. The van der Waals surface area contributed by atoms with Crippen LogP contribution in [0.25, 0.3) is 11.0 Å². The molecule has 1 aliphatic rings. The van der Waals surface area contributed by atoms with Gasteiger partial charge in [-0.1, -0.05) is 28.1 Å². The van der Waals surface area contributed by atoms with E-state index < -0.39 is 0 Å². The lowest BCUT2D eigenvalue weighted by atomic mass is 10.0. The summed E-state index contributed by atoms with van der Waals surface area (Å²) in [5.41, 5.74) is 3.54. The van der Waals surface area contributed by atoms with Crippen LogP contribution >= 0.6 is 15.9 Å². The van der Waals surface area contributed by atoms with Crippen molar-refractivity contribution in [2.45, 2.75) is 26.2 Å². The molecule has 0 saturated heterocycles. The predicted molar refractivity (Wildman–Crippen MR) is 103 cm³/mol. The Morgan fingerprint density at radius 1 is 1.15 bits per heavy atom. The van der Waals surface area contributed by atoms with Crippen LogP contribution in [0.3, 0.4) is 0 Å². The molecule has 0 fully saturated rings. The van der Waals surface area contributed by atoms with Crippen molar-refractivity contribution < 1.29 is 13.9 Å². The van der Waals surface area contributed by atoms with Crippen LogP contribution in [-0.4, -0.2) is 12.4 Å². The Labute approximate surface area is 158 Å². The Hall–Kier alpha value is -2.40. The maximum atomic E-state index is 12.4. The molecule has 5 heteroatoms. The lowest BCUT2D eigenvalue weighted by Gasteiger charge is -2.12. The molecular weight excluding hydrogens is 396 g/mol. The summed E-state index contributed by atoms with van der Waals surface area (Å²) in [5, 5.41) is 0.825. The second kappa shape index (κ2) is 6.72. The van der Waals surface area contributed by atoms with Crippen LogP contribution < -0.4 is 10.4 Å². The first kappa shape index (κ1) is 17.0. The van der Waals surface area contributed by atoms with Crippen LogP contribution in [0.4, 0.5) is 0 Å². The maximum absolute atomic E-state index is 12.4. The molecule has 0 bridgehead atoms. The minimum absolute atomic E-state index is 0.0614. The highest BCUT2D eigenvalue weighted by Crippen LogP contribution is 2.35. The van der Waals surface area contributed by atoms with E-state index in [2.05, 4.69) is 15.9 Å². The number of hydrogen-bond acceptors (Lipinski definition) is 4. The molecule has 0 unspecified atom stereocenters. The summed E-state index contributed by atoms with van der Waals surface area (Å²) < 4.78 is 12.3. The second-order valence-electron chi connectivity index (χ2n) is 6.56. The zero-order valence-corrected chi connectivity index (χ0v) is 15.9. The third kappa shape index (κ3) is 3.07. The van der Waals surface area contributed by atoms with Gasteiger partial charge in [0.25, 0.3) is 0 Å². The highest BCUT2D eigenvalue weighted by molar-refractivity contribution is 9.10. The smallest absolute Gasteiger partial charge is 0.339 e. The van der Waals surface area contributed by atoms with Gasteiger partial charge in [-0.2, -0.15) is 0 Å². The number of hydrogen-bond donors (Lipinski definition) is 0. The van der Waals surface area contributed by atoms with Gasteiger partial charge in [-0.15, -0.1) is 0 Å². The first-order valence-electron chi connectivity index (χ1n) is 8.54. The summed E-state index contributed by atoms with van der Waals surface area (Å²) in [7, 11) is 0. The van der Waals surface area contributed by atoms with Crippen LogP contribution in [0, 0.1) is 6.92 Å². The fraction of sp³-hybridized carbons (Fsp3) is 0.238. The second-order valence-corrected chi connectivity index (χ2v) is 7.47. The van der Waals surface area contributed by atoms with Crippen LogP contribution in [0.2, 0.25) is 0 Å². The molecule has 0 atom stereocenters. The fourth-order valence-electron chi connectivity index (χ4n) is 3.48. The van der Waals surface area contributed by atoms with Crippen molar-refractivity contribution >= 4 is 32.7 Å². The van der Waals surface area contributed by atoms with E-state index in [1.165, 1.54) is 0 Å². The first-order chi connectivity index (χ1) is 12.5. The van der Waals surface area contributed by atoms with Gasteiger partial charge in [-0.05, 0) is 61.6 Å². The average molecular weight is 413 g/mol. The normalized spacial score (nSPS) is 13.0. The zero-order valence-electron chi connectivity index (χ0n) is 14.3. The van der Waals surface area contributed by atoms with Crippen molar-refractivity contribution in [3.63, 3.8) is 0 Å². The zero-order chi connectivity index (χ0) is 18.3. The molecule has 1 heterocycles. The van der Waals surface area contributed by atoms with Crippen molar-refractivity contribution in [2.75, 3.05) is 6.61 Å². The van der Waals surface area contributed by atoms with Crippen molar-refractivity contribution in [1.82, 2.24) is 0 Å². The van der Waals surface area contributed by atoms with Gasteiger partial charge < -0.3 is 9.15 Å². The molecule has 1 aliphatic carbocycles. The Morgan fingerprint density at radius 2 is 1.88 bits per heavy atom. The van der Waals surface area contributed by atoms with Crippen LogP contribution in [0.15, 0.2) is 50.1 Å². The molecule has 0 spiro atoms. The van der Waals surface area contributed by atoms with E-state index in [0.717, 1.165) is 45.8 Å². The van der Waals surface area contributed by atoms with Gasteiger partial charge in [-0.25, -0.2) is 4.79 Å². The van der Waals surface area contributed by atoms with Crippen molar-refractivity contribution in [3.8, 4) is 5.75 Å². The van der Waals surface area contributed by atoms with Crippen LogP contribution in [-0.2, 0) is 12.8 Å². The molecule has 4 rings (SSSR count). The third-order valence-corrected chi connectivity index (χ3v) is 5.23. The van der Waals surface area contributed by atoms with Crippen molar-refractivity contribution in [1.29, 1.82) is 0 Å². The summed E-state index contributed by atoms with van der Waals surface area (Å²) in [6, 6.07) is 10.9. The van der Waals surface area contributed by atoms with Gasteiger partial charge in [0.15, 0.2) is 12.4 Å². The van der Waals surface area contributed by atoms with Gasteiger partial charge in [0.05, 0.1) is 5.39 Å². The third-order valence-electron chi connectivity index (χ3n) is 4.70. The lowest BCUT2D eigenvalue weighted by Crippen LogP contribution is -2.13. The molecule has 1 aromatic heterocycles. The summed E-state index contributed by atoms with van der Waals surface area (Å²) >= 11 is 3.36.